The Kier molecular flexibility index (Phi) is 7.76. The van der Waals surface area contributed by atoms with E-state index < -0.39 is 0 Å². The Balaban J connectivity index is 1.22. The quantitative estimate of drug-likeness (QED) is 0.176. The summed E-state index contributed by atoms with van der Waals surface area (Å²) in [6.45, 7) is 1.54. The number of benzene rings is 4. The molecule has 42 heavy (non-hydrogen) atoms. The van der Waals surface area contributed by atoms with Gasteiger partial charge >= 0.3 is 0 Å². The van der Waals surface area contributed by atoms with Gasteiger partial charge in [0.15, 0.2) is 25.5 Å². The molecule has 210 valence electrons. The highest BCUT2D eigenvalue weighted by Crippen LogP contribution is 2.27. The second-order valence-electron chi connectivity index (χ2n) is 11.2. The fraction of sp³-hybridized carbons (Fsp3) is 0.167. The summed E-state index contributed by atoms with van der Waals surface area (Å²) in [4.78, 5) is 4.27. The van der Waals surface area contributed by atoms with Gasteiger partial charge in [0, 0.05) is 73.6 Å². The Hall–Kier alpha value is -4.12. The molecule has 0 radical (unpaired) electrons. The van der Waals surface area contributed by atoms with E-state index in [1.54, 1.807) is 0 Å². The maximum atomic E-state index is 6.38. The van der Waals surface area contributed by atoms with Crippen LogP contribution in [0.15, 0.2) is 109 Å². The van der Waals surface area contributed by atoms with E-state index in [9.17, 15) is 0 Å². The molecule has 0 aliphatic carbocycles. The first-order valence-electron chi connectivity index (χ1n) is 14.0. The van der Waals surface area contributed by atoms with Crippen LogP contribution in [-0.2, 0) is 13.1 Å². The van der Waals surface area contributed by atoms with Crippen LogP contribution in [0.25, 0.3) is 32.9 Å². The zero-order valence-corrected chi connectivity index (χ0v) is 25.9. The zero-order valence-electron chi connectivity index (χ0n) is 24.4. The van der Waals surface area contributed by atoms with E-state index >= 15 is 0 Å². The molecule has 0 spiro atoms. The maximum absolute atomic E-state index is 6.38. The Morgan fingerprint density at radius 3 is 1.24 bits per heavy atom. The van der Waals surface area contributed by atoms with Gasteiger partial charge in [0.1, 0.15) is 0 Å². The highest BCUT2D eigenvalue weighted by atomic mass is 35.5. The first-order chi connectivity index (χ1) is 20.3. The van der Waals surface area contributed by atoms with Crippen molar-refractivity contribution in [3.8, 4) is 11.1 Å². The molecule has 4 aromatic carbocycles. The van der Waals surface area contributed by atoms with Gasteiger partial charge in [-0.15, -0.1) is 0 Å². The van der Waals surface area contributed by atoms with Crippen molar-refractivity contribution >= 4 is 56.4 Å². The average Bonchev–Trinajstić information content (AvgIpc) is 2.98. The number of aromatic nitrogens is 2. The minimum atomic E-state index is 0.743. The molecule has 4 nitrogen and oxygen atoms in total. The van der Waals surface area contributed by atoms with Crippen LogP contribution in [0.2, 0.25) is 10.0 Å². The molecule has 6 aromatic rings. The Morgan fingerprint density at radius 2 is 0.881 bits per heavy atom. The predicted octanol–water partition coefficient (Wildman–Crippen LogP) is 7.77. The van der Waals surface area contributed by atoms with Gasteiger partial charge in [0.2, 0.25) is 11.0 Å². The molecule has 6 heteroatoms. The lowest BCUT2D eigenvalue weighted by molar-refractivity contribution is -0.662. The van der Waals surface area contributed by atoms with Crippen LogP contribution in [0, 0.1) is 0 Å². The largest absolute Gasteiger partial charge is 0.377 e. The third-order valence-corrected chi connectivity index (χ3v) is 8.30. The van der Waals surface area contributed by atoms with Crippen LogP contribution in [0.3, 0.4) is 0 Å². The summed E-state index contributed by atoms with van der Waals surface area (Å²) in [7, 11) is 8.27. The Bertz CT molecular complexity index is 1760. The van der Waals surface area contributed by atoms with Gasteiger partial charge in [0.05, 0.1) is 22.1 Å². The molecule has 0 saturated carbocycles. The van der Waals surface area contributed by atoms with Crippen molar-refractivity contribution in [2.75, 3.05) is 38.0 Å². The van der Waals surface area contributed by atoms with Crippen LogP contribution in [0.1, 0.15) is 11.1 Å². The van der Waals surface area contributed by atoms with Crippen LogP contribution < -0.4 is 18.9 Å². The summed E-state index contributed by atoms with van der Waals surface area (Å²) in [5.74, 6) is 0. The lowest BCUT2D eigenvalue weighted by Crippen LogP contribution is -2.35. The fourth-order valence-corrected chi connectivity index (χ4v) is 5.97. The molecule has 0 aliphatic rings. The van der Waals surface area contributed by atoms with E-state index in [4.69, 9.17) is 23.2 Å². The molecule has 2 heterocycles. The maximum Gasteiger partial charge on any atom is 0.216 e. The van der Waals surface area contributed by atoms with E-state index in [1.807, 2.05) is 24.3 Å². The number of hydrogen-bond acceptors (Lipinski definition) is 2. The lowest BCUT2D eigenvalue weighted by atomic mass is 10.0. The molecule has 6 rings (SSSR count). The molecule has 0 unspecified atom stereocenters. The molecule has 0 aliphatic heterocycles. The van der Waals surface area contributed by atoms with Crippen molar-refractivity contribution in [1.82, 2.24) is 0 Å². The molecule has 0 fully saturated rings. The summed E-state index contributed by atoms with van der Waals surface area (Å²) in [5.41, 5.74) is 9.48. The molecule has 0 saturated heterocycles. The van der Waals surface area contributed by atoms with Gasteiger partial charge in [0.25, 0.3) is 0 Å². The second-order valence-corrected chi connectivity index (χ2v) is 12.0. The van der Waals surface area contributed by atoms with Crippen molar-refractivity contribution in [3.63, 3.8) is 0 Å². The topological polar surface area (TPSA) is 14.2 Å². The molecule has 0 N–H and O–H groups in total. The van der Waals surface area contributed by atoms with Gasteiger partial charge < -0.3 is 9.80 Å². The van der Waals surface area contributed by atoms with E-state index in [1.165, 1.54) is 44.4 Å². The molecule has 2 aromatic heterocycles. The van der Waals surface area contributed by atoms with E-state index in [0.29, 0.717) is 0 Å². The third kappa shape index (κ3) is 5.65. The van der Waals surface area contributed by atoms with Gasteiger partial charge in [-0.3, -0.25) is 0 Å². The van der Waals surface area contributed by atoms with Gasteiger partial charge in [-0.25, -0.2) is 0 Å². The number of rotatable bonds is 7. The SMILES string of the molecule is CN(C)c1cc[n+](Cc2ccc(-c3ccc(C[n+]4ccc(N(C)C)c5ccc(Cl)cc54)cc3)cc2)c2cc(Cl)ccc12. The fourth-order valence-electron chi connectivity index (χ4n) is 5.63. The summed E-state index contributed by atoms with van der Waals surface area (Å²) < 4.78 is 4.52. The lowest BCUT2D eigenvalue weighted by Gasteiger charge is -2.15. The molecular formula is C36H34Cl2N4+2. The van der Waals surface area contributed by atoms with Crippen molar-refractivity contribution in [3.05, 3.63) is 131 Å². The van der Waals surface area contributed by atoms with Crippen molar-refractivity contribution in [2.45, 2.75) is 13.1 Å². The minimum Gasteiger partial charge on any atom is -0.377 e. The number of hydrogen-bond donors (Lipinski definition) is 0. The highest BCUT2D eigenvalue weighted by Gasteiger charge is 2.17. The normalized spacial score (nSPS) is 11.3. The number of nitrogens with zero attached hydrogens (tertiary/aromatic N) is 4. The number of anilines is 2. The van der Waals surface area contributed by atoms with E-state index in [0.717, 1.165) is 34.2 Å². The first kappa shape index (κ1) is 28.0. The smallest absolute Gasteiger partial charge is 0.216 e. The predicted molar refractivity (Wildman–Crippen MR) is 177 cm³/mol. The number of halogens is 2. The summed E-state index contributed by atoms with van der Waals surface area (Å²) in [6.07, 6.45) is 4.29. The van der Waals surface area contributed by atoms with Crippen LogP contribution in [-0.4, -0.2) is 28.2 Å². The zero-order chi connectivity index (χ0) is 29.4. The highest BCUT2D eigenvalue weighted by molar-refractivity contribution is 6.31. The van der Waals surface area contributed by atoms with Crippen molar-refractivity contribution < 1.29 is 9.13 Å². The second kappa shape index (κ2) is 11.6. The van der Waals surface area contributed by atoms with E-state index in [-0.39, 0.29) is 0 Å². The molecule has 0 atom stereocenters. The Morgan fingerprint density at radius 1 is 0.500 bits per heavy atom. The van der Waals surface area contributed by atoms with Crippen LogP contribution in [0.4, 0.5) is 11.4 Å². The Labute approximate surface area is 257 Å². The van der Waals surface area contributed by atoms with E-state index in [2.05, 4.69) is 132 Å². The minimum absolute atomic E-state index is 0.743. The summed E-state index contributed by atoms with van der Waals surface area (Å²) >= 11 is 12.8. The molecule has 0 bridgehead atoms. The molecular weight excluding hydrogens is 559 g/mol. The van der Waals surface area contributed by atoms with Crippen LogP contribution >= 0.6 is 23.2 Å². The van der Waals surface area contributed by atoms with Crippen molar-refractivity contribution in [2.24, 2.45) is 0 Å². The summed E-state index contributed by atoms with van der Waals surface area (Å²) in [5, 5.41) is 3.86. The van der Waals surface area contributed by atoms with Crippen molar-refractivity contribution in [1.29, 1.82) is 0 Å². The number of pyridine rings is 2. The van der Waals surface area contributed by atoms with Gasteiger partial charge in [-0.05, 0) is 35.4 Å². The first-order valence-corrected chi connectivity index (χ1v) is 14.8. The number of fused-ring (bicyclic) bond motifs is 2. The summed E-state index contributed by atoms with van der Waals surface area (Å²) in [6, 6.07) is 34.2. The third-order valence-electron chi connectivity index (χ3n) is 7.83. The average molecular weight is 594 g/mol. The molecule has 0 amide bonds. The van der Waals surface area contributed by atoms with Gasteiger partial charge in [-0.1, -0.05) is 71.7 Å². The van der Waals surface area contributed by atoms with Gasteiger partial charge in [-0.2, -0.15) is 9.13 Å². The van der Waals surface area contributed by atoms with Crippen LogP contribution in [0.5, 0.6) is 0 Å². The standard InChI is InChI=1S/C36H34Cl2N4/c1-39(2)33-17-19-41(35-21-29(37)13-15-31(33)35)23-25-5-9-27(10-6-25)28-11-7-26(8-12-28)24-42-20-18-34(40(3)4)32-16-14-30(38)22-36(32)42/h5-22H,23-24H2,1-4H3/q+2. The monoisotopic (exact) mass is 592 g/mol.